The first-order valence-electron chi connectivity index (χ1n) is 6.34. The highest BCUT2D eigenvalue weighted by molar-refractivity contribution is 9.10. The summed E-state index contributed by atoms with van der Waals surface area (Å²) < 4.78 is 19.7. The van der Waals surface area contributed by atoms with Crippen molar-refractivity contribution in [2.45, 2.75) is 13.1 Å². The van der Waals surface area contributed by atoms with Crippen LogP contribution in [0.25, 0.3) is 0 Å². The van der Waals surface area contributed by atoms with Crippen molar-refractivity contribution in [3.8, 4) is 5.75 Å². The molecule has 0 spiro atoms. The van der Waals surface area contributed by atoms with E-state index in [-0.39, 0.29) is 5.82 Å². The van der Waals surface area contributed by atoms with Crippen molar-refractivity contribution in [3.63, 3.8) is 0 Å². The van der Waals surface area contributed by atoms with Gasteiger partial charge in [-0.3, -0.25) is 4.90 Å². The van der Waals surface area contributed by atoms with E-state index < -0.39 is 0 Å². The standard InChI is InChI=1S/C16H17BrFNO/c1-19(10-12-5-3-4-6-15(12)17)11-13-9-14(18)7-8-16(13)20-2/h3-9H,10-11H2,1-2H3. The molecule has 0 unspecified atom stereocenters. The summed E-state index contributed by atoms with van der Waals surface area (Å²) in [4.78, 5) is 2.12. The van der Waals surface area contributed by atoms with Gasteiger partial charge in [0.25, 0.3) is 0 Å². The van der Waals surface area contributed by atoms with Gasteiger partial charge in [0.05, 0.1) is 7.11 Å². The molecule has 2 aromatic rings. The van der Waals surface area contributed by atoms with Crippen molar-refractivity contribution >= 4 is 15.9 Å². The summed E-state index contributed by atoms with van der Waals surface area (Å²) in [7, 11) is 3.61. The number of rotatable bonds is 5. The van der Waals surface area contributed by atoms with E-state index in [0.717, 1.165) is 16.6 Å². The van der Waals surface area contributed by atoms with E-state index in [1.54, 1.807) is 13.2 Å². The highest BCUT2D eigenvalue weighted by Gasteiger charge is 2.09. The minimum atomic E-state index is -0.241. The minimum Gasteiger partial charge on any atom is -0.496 e. The Morgan fingerprint density at radius 2 is 1.80 bits per heavy atom. The highest BCUT2D eigenvalue weighted by Crippen LogP contribution is 2.23. The Morgan fingerprint density at radius 1 is 1.10 bits per heavy atom. The third-order valence-electron chi connectivity index (χ3n) is 3.08. The second kappa shape index (κ2) is 6.86. The van der Waals surface area contributed by atoms with E-state index in [4.69, 9.17) is 4.74 Å². The van der Waals surface area contributed by atoms with Gasteiger partial charge in [-0.2, -0.15) is 0 Å². The number of ether oxygens (including phenoxy) is 1. The lowest BCUT2D eigenvalue weighted by Gasteiger charge is -2.19. The maximum atomic E-state index is 13.3. The molecule has 0 fully saturated rings. The van der Waals surface area contributed by atoms with Crippen LogP contribution in [0.5, 0.6) is 5.75 Å². The van der Waals surface area contributed by atoms with Crippen LogP contribution in [0, 0.1) is 5.82 Å². The maximum Gasteiger partial charge on any atom is 0.123 e. The smallest absolute Gasteiger partial charge is 0.123 e. The van der Waals surface area contributed by atoms with Crippen LogP contribution in [0.3, 0.4) is 0 Å². The Bertz CT molecular complexity index is 588. The van der Waals surface area contributed by atoms with E-state index in [0.29, 0.717) is 12.3 Å². The van der Waals surface area contributed by atoms with E-state index in [1.807, 2.05) is 25.2 Å². The predicted octanol–water partition coefficient (Wildman–Crippen LogP) is 4.23. The van der Waals surface area contributed by atoms with Crippen LogP contribution in [0.15, 0.2) is 46.9 Å². The number of methoxy groups -OCH3 is 1. The predicted molar refractivity (Wildman–Crippen MR) is 82.3 cm³/mol. The minimum absolute atomic E-state index is 0.241. The van der Waals surface area contributed by atoms with Crippen LogP contribution in [0.2, 0.25) is 0 Å². The summed E-state index contributed by atoms with van der Waals surface area (Å²) in [6, 6.07) is 12.7. The van der Waals surface area contributed by atoms with Crippen molar-refractivity contribution in [2.75, 3.05) is 14.2 Å². The summed E-state index contributed by atoms with van der Waals surface area (Å²) in [5, 5.41) is 0. The van der Waals surface area contributed by atoms with Crippen molar-refractivity contribution in [1.29, 1.82) is 0 Å². The lowest BCUT2D eigenvalue weighted by molar-refractivity contribution is 0.309. The Kier molecular flexibility index (Phi) is 5.15. The molecule has 4 heteroatoms. The second-order valence-corrected chi connectivity index (χ2v) is 5.57. The van der Waals surface area contributed by atoms with Crippen molar-refractivity contribution < 1.29 is 9.13 Å². The SMILES string of the molecule is COc1ccc(F)cc1CN(C)Cc1ccccc1Br. The molecule has 0 N–H and O–H groups in total. The lowest BCUT2D eigenvalue weighted by Crippen LogP contribution is -2.18. The van der Waals surface area contributed by atoms with Gasteiger partial charge in [0.1, 0.15) is 11.6 Å². The molecule has 0 aliphatic carbocycles. The van der Waals surface area contributed by atoms with E-state index in [9.17, 15) is 4.39 Å². The Balaban J connectivity index is 2.10. The van der Waals surface area contributed by atoms with Crippen LogP contribution in [-0.2, 0) is 13.1 Å². The number of hydrogen-bond acceptors (Lipinski definition) is 2. The molecule has 0 saturated heterocycles. The fourth-order valence-electron chi connectivity index (χ4n) is 2.13. The molecule has 0 aliphatic heterocycles. The van der Waals surface area contributed by atoms with Gasteiger partial charge in [0.15, 0.2) is 0 Å². The van der Waals surface area contributed by atoms with Gasteiger partial charge in [0.2, 0.25) is 0 Å². The van der Waals surface area contributed by atoms with Crippen LogP contribution < -0.4 is 4.74 Å². The summed E-state index contributed by atoms with van der Waals surface area (Å²) in [5.41, 5.74) is 2.05. The van der Waals surface area contributed by atoms with Gasteiger partial charge >= 0.3 is 0 Å². The Labute approximate surface area is 127 Å². The first-order chi connectivity index (χ1) is 9.60. The monoisotopic (exact) mass is 337 g/mol. The van der Waals surface area contributed by atoms with Crippen molar-refractivity contribution in [2.24, 2.45) is 0 Å². The van der Waals surface area contributed by atoms with Gasteiger partial charge in [-0.25, -0.2) is 4.39 Å². The molecule has 0 radical (unpaired) electrons. The molecule has 0 heterocycles. The zero-order valence-corrected chi connectivity index (χ0v) is 13.2. The Hall–Kier alpha value is -1.39. The third-order valence-corrected chi connectivity index (χ3v) is 3.85. The fourth-order valence-corrected chi connectivity index (χ4v) is 2.54. The molecule has 0 amide bonds. The summed E-state index contributed by atoms with van der Waals surface area (Å²) in [6.45, 7) is 1.41. The molecular formula is C16H17BrFNO. The molecule has 106 valence electrons. The molecule has 2 rings (SSSR count). The summed E-state index contributed by atoms with van der Waals surface area (Å²) in [5.74, 6) is 0.473. The van der Waals surface area contributed by atoms with Gasteiger partial charge in [-0.05, 0) is 36.9 Å². The molecule has 0 aromatic heterocycles. The average Bonchev–Trinajstić information content (AvgIpc) is 2.41. The van der Waals surface area contributed by atoms with Gasteiger partial charge < -0.3 is 4.74 Å². The van der Waals surface area contributed by atoms with Gasteiger partial charge in [0, 0.05) is 23.1 Å². The molecular weight excluding hydrogens is 321 g/mol. The topological polar surface area (TPSA) is 12.5 Å². The number of nitrogens with zero attached hydrogens (tertiary/aromatic N) is 1. The normalized spacial score (nSPS) is 10.8. The second-order valence-electron chi connectivity index (χ2n) is 4.72. The van der Waals surface area contributed by atoms with Gasteiger partial charge in [-0.15, -0.1) is 0 Å². The zero-order valence-electron chi connectivity index (χ0n) is 11.6. The molecule has 2 aromatic carbocycles. The first-order valence-corrected chi connectivity index (χ1v) is 7.14. The van der Waals surface area contributed by atoms with Crippen LogP contribution in [0.1, 0.15) is 11.1 Å². The first kappa shape index (κ1) is 15.0. The lowest BCUT2D eigenvalue weighted by atomic mass is 10.1. The summed E-state index contributed by atoms with van der Waals surface area (Å²) >= 11 is 3.54. The summed E-state index contributed by atoms with van der Waals surface area (Å²) in [6.07, 6.45) is 0. The number of halogens is 2. The number of hydrogen-bond donors (Lipinski definition) is 0. The van der Waals surface area contributed by atoms with Crippen molar-refractivity contribution in [3.05, 3.63) is 63.9 Å². The van der Waals surface area contributed by atoms with Crippen LogP contribution >= 0.6 is 15.9 Å². The molecule has 0 atom stereocenters. The molecule has 20 heavy (non-hydrogen) atoms. The molecule has 2 nitrogen and oxygen atoms in total. The van der Waals surface area contributed by atoms with Crippen molar-refractivity contribution in [1.82, 2.24) is 4.90 Å². The molecule has 0 aliphatic rings. The fraction of sp³-hybridized carbons (Fsp3) is 0.250. The maximum absolute atomic E-state index is 13.3. The number of benzene rings is 2. The largest absolute Gasteiger partial charge is 0.496 e. The van der Waals surface area contributed by atoms with E-state index in [1.165, 1.54) is 17.7 Å². The zero-order chi connectivity index (χ0) is 14.5. The molecule has 0 saturated carbocycles. The molecule has 0 bridgehead atoms. The van der Waals surface area contributed by atoms with Crippen LogP contribution in [0.4, 0.5) is 4.39 Å². The Morgan fingerprint density at radius 3 is 2.50 bits per heavy atom. The van der Waals surface area contributed by atoms with E-state index in [2.05, 4.69) is 26.9 Å². The van der Waals surface area contributed by atoms with Crippen LogP contribution in [-0.4, -0.2) is 19.1 Å². The highest BCUT2D eigenvalue weighted by atomic mass is 79.9. The average molecular weight is 338 g/mol. The third kappa shape index (κ3) is 3.81. The van der Waals surface area contributed by atoms with Gasteiger partial charge in [-0.1, -0.05) is 34.1 Å². The van der Waals surface area contributed by atoms with E-state index >= 15 is 0 Å². The quantitative estimate of drug-likeness (QED) is 0.809.